The molecule has 3 aromatic carbocycles. The third kappa shape index (κ3) is 3.82. The number of fused-ring (bicyclic) bond motifs is 2. The molecule has 1 aliphatic rings. The molecule has 3 aromatic rings. The van der Waals surface area contributed by atoms with E-state index >= 15 is 0 Å². The molecule has 0 aromatic heterocycles. The minimum Gasteiger partial charge on any atom is -0.452 e. The summed E-state index contributed by atoms with van der Waals surface area (Å²) in [6, 6.07) is 16.7. The molecule has 1 fully saturated rings. The van der Waals surface area contributed by atoms with Crippen molar-refractivity contribution in [2.24, 2.45) is 0 Å². The van der Waals surface area contributed by atoms with Gasteiger partial charge in [0.25, 0.3) is 5.91 Å². The number of rotatable bonds is 4. The molecular formula is C22H21NO5S. The van der Waals surface area contributed by atoms with Crippen molar-refractivity contribution in [3.8, 4) is 0 Å². The van der Waals surface area contributed by atoms with Gasteiger partial charge in [-0.05, 0) is 34.0 Å². The van der Waals surface area contributed by atoms with E-state index < -0.39 is 28.3 Å². The molecule has 1 aliphatic heterocycles. The molecule has 4 rings (SSSR count). The number of hydrogen-bond donors (Lipinski definition) is 0. The van der Waals surface area contributed by atoms with Gasteiger partial charge in [-0.1, -0.05) is 48.5 Å². The van der Waals surface area contributed by atoms with Crippen LogP contribution >= 0.6 is 0 Å². The Morgan fingerprint density at radius 3 is 2.17 bits per heavy atom. The molecule has 0 saturated carbocycles. The summed E-state index contributed by atoms with van der Waals surface area (Å²) in [5.41, 5.74) is 0.428. The van der Waals surface area contributed by atoms with Gasteiger partial charge in [0.15, 0.2) is 16.4 Å². The number of hydrogen-bond acceptors (Lipinski definition) is 5. The number of amides is 1. The van der Waals surface area contributed by atoms with Crippen molar-refractivity contribution < 1.29 is 22.7 Å². The van der Waals surface area contributed by atoms with Crippen LogP contribution in [0.4, 0.5) is 0 Å². The lowest BCUT2D eigenvalue weighted by molar-refractivity contribution is -0.134. The SMILES string of the molecule is CN(C(=O)COC(=O)c1c2ccccc2cc2ccccc12)C1CCS(=O)(=O)C1. The van der Waals surface area contributed by atoms with Gasteiger partial charge in [-0.15, -0.1) is 0 Å². The molecule has 0 spiro atoms. The molecule has 6 nitrogen and oxygen atoms in total. The topological polar surface area (TPSA) is 80.8 Å². The third-order valence-electron chi connectivity index (χ3n) is 5.45. The van der Waals surface area contributed by atoms with Gasteiger partial charge in [0.2, 0.25) is 0 Å². The van der Waals surface area contributed by atoms with Gasteiger partial charge in [0.05, 0.1) is 17.1 Å². The standard InChI is InChI=1S/C22H21NO5S/c1-23(17-10-11-29(26,27)14-17)20(24)13-28-22(25)21-18-8-4-2-6-15(18)12-16-7-3-5-9-19(16)21/h2-9,12,17H,10-11,13-14H2,1H3. The van der Waals surface area contributed by atoms with Crippen LogP contribution in [-0.2, 0) is 19.4 Å². The second-order valence-electron chi connectivity index (χ2n) is 7.33. The molecule has 150 valence electrons. The minimum absolute atomic E-state index is 0.0445. The first-order valence-electron chi connectivity index (χ1n) is 9.39. The fourth-order valence-corrected chi connectivity index (χ4v) is 5.59. The quantitative estimate of drug-likeness (QED) is 0.487. The second kappa shape index (κ2) is 7.48. The van der Waals surface area contributed by atoms with Gasteiger partial charge in [-0.2, -0.15) is 0 Å². The Morgan fingerprint density at radius 2 is 1.62 bits per heavy atom. The van der Waals surface area contributed by atoms with E-state index in [2.05, 4.69) is 0 Å². The number of benzene rings is 3. The second-order valence-corrected chi connectivity index (χ2v) is 9.56. The molecular weight excluding hydrogens is 390 g/mol. The first-order valence-corrected chi connectivity index (χ1v) is 11.2. The monoisotopic (exact) mass is 411 g/mol. The molecule has 1 amide bonds. The zero-order valence-electron chi connectivity index (χ0n) is 16.0. The summed E-state index contributed by atoms with van der Waals surface area (Å²) in [6.45, 7) is -0.427. The number of carbonyl (C=O) groups is 2. The summed E-state index contributed by atoms with van der Waals surface area (Å²) >= 11 is 0. The van der Waals surface area contributed by atoms with Crippen LogP contribution in [0.3, 0.4) is 0 Å². The van der Waals surface area contributed by atoms with Crippen molar-refractivity contribution in [1.29, 1.82) is 0 Å². The highest BCUT2D eigenvalue weighted by Gasteiger charge is 2.33. The van der Waals surface area contributed by atoms with Gasteiger partial charge in [-0.25, -0.2) is 13.2 Å². The van der Waals surface area contributed by atoms with Crippen LogP contribution in [0, 0.1) is 0 Å². The van der Waals surface area contributed by atoms with Gasteiger partial charge in [0, 0.05) is 13.1 Å². The average molecular weight is 411 g/mol. The lowest BCUT2D eigenvalue weighted by Gasteiger charge is -2.23. The zero-order chi connectivity index (χ0) is 20.6. The molecule has 29 heavy (non-hydrogen) atoms. The van der Waals surface area contributed by atoms with E-state index in [-0.39, 0.29) is 17.5 Å². The van der Waals surface area contributed by atoms with Crippen molar-refractivity contribution in [1.82, 2.24) is 4.90 Å². The maximum Gasteiger partial charge on any atom is 0.339 e. The molecule has 0 N–H and O–H groups in total. The molecule has 7 heteroatoms. The summed E-state index contributed by atoms with van der Waals surface area (Å²) in [7, 11) is -1.55. The Labute approximate surface area is 169 Å². The Morgan fingerprint density at radius 1 is 1.03 bits per heavy atom. The molecule has 1 saturated heterocycles. The smallest absolute Gasteiger partial charge is 0.339 e. The van der Waals surface area contributed by atoms with Crippen molar-refractivity contribution in [2.75, 3.05) is 25.2 Å². The predicted molar refractivity (Wildman–Crippen MR) is 112 cm³/mol. The summed E-state index contributed by atoms with van der Waals surface area (Å²) in [6.07, 6.45) is 0.409. The number of nitrogens with zero attached hydrogens (tertiary/aromatic N) is 1. The predicted octanol–water partition coefficient (Wildman–Crippen LogP) is 2.80. The van der Waals surface area contributed by atoms with E-state index in [0.717, 1.165) is 21.5 Å². The fraction of sp³-hybridized carbons (Fsp3) is 0.273. The number of sulfone groups is 1. The van der Waals surface area contributed by atoms with Crippen LogP contribution in [-0.4, -0.2) is 56.4 Å². The van der Waals surface area contributed by atoms with Gasteiger partial charge in [0.1, 0.15) is 0 Å². The number of ether oxygens (including phenoxy) is 1. The molecule has 0 aliphatic carbocycles. The molecule has 0 radical (unpaired) electrons. The van der Waals surface area contributed by atoms with Crippen molar-refractivity contribution in [2.45, 2.75) is 12.5 Å². The maximum absolute atomic E-state index is 12.9. The molecule has 1 atom stereocenters. The van der Waals surface area contributed by atoms with Crippen LogP contribution < -0.4 is 0 Å². The van der Waals surface area contributed by atoms with Crippen molar-refractivity contribution >= 4 is 43.3 Å². The summed E-state index contributed by atoms with van der Waals surface area (Å²) in [4.78, 5) is 26.8. The van der Waals surface area contributed by atoms with Gasteiger partial charge >= 0.3 is 5.97 Å². The number of esters is 1. The van der Waals surface area contributed by atoms with Crippen LogP contribution in [0.15, 0.2) is 54.6 Å². The highest BCUT2D eigenvalue weighted by molar-refractivity contribution is 7.91. The van der Waals surface area contributed by atoms with Crippen LogP contribution in [0.1, 0.15) is 16.8 Å². The minimum atomic E-state index is -3.10. The van der Waals surface area contributed by atoms with Crippen LogP contribution in [0.2, 0.25) is 0 Å². The average Bonchev–Trinajstić information content (AvgIpc) is 3.09. The fourth-order valence-electron chi connectivity index (χ4n) is 3.82. The van der Waals surface area contributed by atoms with E-state index in [1.807, 2.05) is 54.6 Å². The number of likely N-dealkylation sites (N-methyl/N-ethyl adjacent to an activating group) is 1. The lowest BCUT2D eigenvalue weighted by atomic mass is 9.97. The highest BCUT2D eigenvalue weighted by atomic mass is 32.2. The lowest BCUT2D eigenvalue weighted by Crippen LogP contribution is -2.40. The van der Waals surface area contributed by atoms with E-state index in [1.165, 1.54) is 4.90 Å². The zero-order valence-corrected chi connectivity index (χ0v) is 16.8. The normalized spacial score (nSPS) is 18.0. The first kappa shape index (κ1) is 19.4. The molecule has 1 unspecified atom stereocenters. The van der Waals surface area contributed by atoms with E-state index in [4.69, 9.17) is 4.74 Å². The Hall–Kier alpha value is -2.93. The maximum atomic E-state index is 12.9. The summed E-state index contributed by atoms with van der Waals surface area (Å²) < 4.78 is 28.6. The Kier molecular flexibility index (Phi) is 5.00. The largest absolute Gasteiger partial charge is 0.452 e. The van der Waals surface area contributed by atoms with Crippen LogP contribution in [0.25, 0.3) is 21.5 Å². The van der Waals surface area contributed by atoms with E-state index in [1.54, 1.807) is 7.05 Å². The summed E-state index contributed by atoms with van der Waals surface area (Å²) in [5.74, 6) is -0.947. The molecule has 1 heterocycles. The van der Waals surface area contributed by atoms with Crippen molar-refractivity contribution in [3.05, 3.63) is 60.2 Å². The van der Waals surface area contributed by atoms with E-state index in [9.17, 15) is 18.0 Å². The van der Waals surface area contributed by atoms with Gasteiger partial charge in [-0.3, -0.25) is 4.79 Å². The molecule has 0 bridgehead atoms. The Balaban J connectivity index is 1.57. The van der Waals surface area contributed by atoms with E-state index in [0.29, 0.717) is 12.0 Å². The number of carbonyl (C=O) groups excluding carboxylic acids is 2. The third-order valence-corrected chi connectivity index (χ3v) is 7.20. The Bertz CT molecular complexity index is 1160. The van der Waals surface area contributed by atoms with Gasteiger partial charge < -0.3 is 9.64 Å². The highest BCUT2D eigenvalue weighted by Crippen LogP contribution is 2.29. The van der Waals surface area contributed by atoms with Crippen LogP contribution in [0.5, 0.6) is 0 Å². The first-order chi connectivity index (χ1) is 13.9. The van der Waals surface area contributed by atoms with Crippen molar-refractivity contribution in [3.63, 3.8) is 0 Å². The summed E-state index contributed by atoms with van der Waals surface area (Å²) in [5, 5.41) is 3.35.